The summed E-state index contributed by atoms with van der Waals surface area (Å²) >= 11 is 12.1. The summed E-state index contributed by atoms with van der Waals surface area (Å²) in [5, 5.41) is 13.3. The molecule has 0 atom stereocenters. The number of carbonyl (C=O) groups excluding carboxylic acids is 1. The van der Waals surface area contributed by atoms with Crippen molar-refractivity contribution in [3.05, 3.63) is 92.5 Å². The molecule has 0 aliphatic carbocycles. The highest BCUT2D eigenvalue weighted by molar-refractivity contribution is 6.42. The number of benzene rings is 3. The summed E-state index contributed by atoms with van der Waals surface area (Å²) in [7, 11) is 1.55. The van der Waals surface area contributed by atoms with Crippen LogP contribution in [0.2, 0.25) is 10.0 Å². The number of halogens is 2. The van der Waals surface area contributed by atoms with Gasteiger partial charge in [0, 0.05) is 17.3 Å². The first-order chi connectivity index (χ1) is 15.8. The molecule has 33 heavy (non-hydrogen) atoms. The third-order valence-electron chi connectivity index (χ3n) is 4.91. The topological polar surface area (TPSA) is 71.3 Å². The summed E-state index contributed by atoms with van der Waals surface area (Å²) in [4.78, 5) is 12.8. The second-order valence-electron chi connectivity index (χ2n) is 7.38. The van der Waals surface area contributed by atoms with Crippen LogP contribution in [0.4, 0.5) is 5.69 Å². The summed E-state index contributed by atoms with van der Waals surface area (Å²) in [6.07, 6.45) is 1.49. The number of hydrogen-bond acceptors (Lipinski definition) is 4. The molecule has 0 heterocycles. The van der Waals surface area contributed by atoms with Gasteiger partial charge in [0.2, 0.25) is 0 Å². The standard InChI is InChI=1S/C26H22Cl2N2O3/c1-16-4-5-17(2)24(10-16)30-26(31)20(14-29)12-19-7-8-21(32-3)13-25(19)33-15-18-6-9-22(27)23(28)11-18/h4-13H,15H2,1-3H3,(H,30,31)/b20-12+. The van der Waals surface area contributed by atoms with Crippen molar-refractivity contribution < 1.29 is 14.3 Å². The van der Waals surface area contributed by atoms with Crippen LogP contribution in [0.3, 0.4) is 0 Å². The van der Waals surface area contributed by atoms with Crippen LogP contribution in [-0.2, 0) is 11.4 Å². The van der Waals surface area contributed by atoms with E-state index in [1.165, 1.54) is 6.08 Å². The van der Waals surface area contributed by atoms with Gasteiger partial charge in [-0.15, -0.1) is 0 Å². The van der Waals surface area contributed by atoms with Gasteiger partial charge in [-0.05, 0) is 66.9 Å². The number of nitriles is 1. The zero-order valence-electron chi connectivity index (χ0n) is 18.4. The van der Waals surface area contributed by atoms with Gasteiger partial charge < -0.3 is 14.8 Å². The average Bonchev–Trinajstić information content (AvgIpc) is 2.80. The van der Waals surface area contributed by atoms with E-state index in [1.807, 2.05) is 44.2 Å². The Hall–Kier alpha value is -3.46. The van der Waals surface area contributed by atoms with Crippen LogP contribution in [0.5, 0.6) is 11.5 Å². The molecule has 0 saturated heterocycles. The minimum atomic E-state index is -0.502. The van der Waals surface area contributed by atoms with Crippen molar-refractivity contribution in [3.8, 4) is 17.6 Å². The Kier molecular flexibility index (Phi) is 8.00. The van der Waals surface area contributed by atoms with Crippen LogP contribution in [0.15, 0.2) is 60.2 Å². The van der Waals surface area contributed by atoms with Gasteiger partial charge in [0.25, 0.3) is 5.91 Å². The third-order valence-corrected chi connectivity index (χ3v) is 5.64. The Morgan fingerprint density at radius 3 is 2.55 bits per heavy atom. The molecule has 0 aliphatic heterocycles. The van der Waals surface area contributed by atoms with Crippen LogP contribution >= 0.6 is 23.2 Å². The molecular formula is C26H22Cl2N2O3. The van der Waals surface area contributed by atoms with Crippen LogP contribution in [0.25, 0.3) is 6.08 Å². The molecule has 0 unspecified atom stereocenters. The second kappa shape index (κ2) is 10.9. The largest absolute Gasteiger partial charge is 0.497 e. The molecule has 0 saturated carbocycles. The molecule has 0 bridgehead atoms. The van der Waals surface area contributed by atoms with Gasteiger partial charge in [-0.1, -0.05) is 41.4 Å². The van der Waals surface area contributed by atoms with Crippen LogP contribution in [-0.4, -0.2) is 13.0 Å². The second-order valence-corrected chi connectivity index (χ2v) is 8.20. The number of anilines is 1. The Morgan fingerprint density at radius 1 is 1.06 bits per heavy atom. The molecule has 0 aromatic heterocycles. The third kappa shape index (κ3) is 6.29. The molecular weight excluding hydrogens is 459 g/mol. The number of aryl methyl sites for hydroxylation is 2. The van der Waals surface area contributed by atoms with Crippen LogP contribution in [0, 0.1) is 25.2 Å². The molecule has 1 N–H and O–H groups in total. The molecule has 3 aromatic carbocycles. The van der Waals surface area contributed by atoms with E-state index >= 15 is 0 Å². The van der Waals surface area contributed by atoms with E-state index in [0.29, 0.717) is 32.8 Å². The SMILES string of the molecule is COc1ccc(/C=C(\C#N)C(=O)Nc2cc(C)ccc2C)c(OCc2ccc(Cl)c(Cl)c2)c1. The van der Waals surface area contributed by atoms with Crippen molar-refractivity contribution in [2.24, 2.45) is 0 Å². The molecule has 5 nitrogen and oxygen atoms in total. The van der Waals surface area contributed by atoms with Crippen molar-refractivity contribution in [2.45, 2.75) is 20.5 Å². The number of nitrogens with zero attached hydrogens (tertiary/aromatic N) is 1. The number of amides is 1. The molecule has 0 aliphatic rings. The fraction of sp³-hybridized carbons (Fsp3) is 0.154. The fourth-order valence-corrected chi connectivity index (χ4v) is 3.36. The van der Waals surface area contributed by atoms with E-state index in [0.717, 1.165) is 16.7 Å². The quantitative estimate of drug-likeness (QED) is 0.300. The number of rotatable bonds is 7. The predicted octanol–water partition coefficient (Wildman–Crippen LogP) is 6.74. The summed E-state index contributed by atoms with van der Waals surface area (Å²) in [6.45, 7) is 4.04. The van der Waals surface area contributed by atoms with Gasteiger partial charge in [-0.2, -0.15) is 5.26 Å². The first-order valence-electron chi connectivity index (χ1n) is 10.1. The fourth-order valence-electron chi connectivity index (χ4n) is 3.04. The minimum Gasteiger partial charge on any atom is -0.497 e. The number of methoxy groups -OCH3 is 1. The van der Waals surface area contributed by atoms with Crippen molar-refractivity contribution in [1.82, 2.24) is 0 Å². The minimum absolute atomic E-state index is 0.0551. The zero-order chi connectivity index (χ0) is 24.0. The van der Waals surface area contributed by atoms with Gasteiger partial charge in [0.15, 0.2) is 0 Å². The number of hydrogen-bond donors (Lipinski definition) is 1. The molecule has 168 valence electrons. The molecule has 1 amide bonds. The van der Waals surface area contributed by atoms with E-state index in [9.17, 15) is 10.1 Å². The maximum absolute atomic E-state index is 12.8. The first kappa shape index (κ1) is 24.2. The lowest BCUT2D eigenvalue weighted by Gasteiger charge is -2.13. The summed E-state index contributed by atoms with van der Waals surface area (Å²) in [5.41, 5.74) is 3.89. The summed E-state index contributed by atoms with van der Waals surface area (Å²) in [6, 6.07) is 18.1. The highest BCUT2D eigenvalue weighted by Crippen LogP contribution is 2.29. The molecule has 0 spiro atoms. The number of ether oxygens (including phenoxy) is 2. The smallest absolute Gasteiger partial charge is 0.266 e. The Labute approximate surface area is 203 Å². The van der Waals surface area contributed by atoms with E-state index in [4.69, 9.17) is 32.7 Å². The van der Waals surface area contributed by atoms with E-state index in [1.54, 1.807) is 37.4 Å². The van der Waals surface area contributed by atoms with Crippen molar-refractivity contribution in [2.75, 3.05) is 12.4 Å². The van der Waals surface area contributed by atoms with E-state index in [-0.39, 0.29) is 12.2 Å². The van der Waals surface area contributed by atoms with Crippen LogP contribution in [0.1, 0.15) is 22.3 Å². The monoisotopic (exact) mass is 480 g/mol. The van der Waals surface area contributed by atoms with Gasteiger partial charge in [0.1, 0.15) is 29.7 Å². The van der Waals surface area contributed by atoms with Gasteiger partial charge in [-0.25, -0.2) is 0 Å². The van der Waals surface area contributed by atoms with Gasteiger partial charge >= 0.3 is 0 Å². The highest BCUT2D eigenvalue weighted by Gasteiger charge is 2.14. The molecule has 3 rings (SSSR count). The predicted molar refractivity (Wildman–Crippen MR) is 132 cm³/mol. The molecule has 0 radical (unpaired) electrons. The summed E-state index contributed by atoms with van der Waals surface area (Å²) in [5.74, 6) is 0.528. The van der Waals surface area contributed by atoms with E-state index < -0.39 is 5.91 Å². The Morgan fingerprint density at radius 2 is 1.85 bits per heavy atom. The molecule has 0 fully saturated rings. The lowest BCUT2D eigenvalue weighted by molar-refractivity contribution is -0.112. The van der Waals surface area contributed by atoms with E-state index in [2.05, 4.69) is 5.32 Å². The normalized spacial score (nSPS) is 11.0. The number of carbonyl (C=O) groups is 1. The lowest BCUT2D eigenvalue weighted by Crippen LogP contribution is -2.14. The van der Waals surface area contributed by atoms with Crippen LogP contribution < -0.4 is 14.8 Å². The van der Waals surface area contributed by atoms with Gasteiger partial charge in [-0.3, -0.25) is 4.79 Å². The average molecular weight is 481 g/mol. The summed E-state index contributed by atoms with van der Waals surface area (Å²) < 4.78 is 11.3. The van der Waals surface area contributed by atoms with Crippen molar-refractivity contribution in [1.29, 1.82) is 5.26 Å². The highest BCUT2D eigenvalue weighted by atomic mass is 35.5. The zero-order valence-corrected chi connectivity index (χ0v) is 19.9. The number of nitrogens with one attached hydrogen (secondary N) is 1. The molecule has 3 aromatic rings. The Bertz CT molecular complexity index is 1260. The maximum atomic E-state index is 12.8. The van der Waals surface area contributed by atoms with Gasteiger partial charge in [0.05, 0.1) is 17.2 Å². The van der Waals surface area contributed by atoms with Crippen molar-refractivity contribution >= 4 is 40.9 Å². The van der Waals surface area contributed by atoms with Crippen molar-refractivity contribution in [3.63, 3.8) is 0 Å². The lowest BCUT2D eigenvalue weighted by atomic mass is 10.1. The first-order valence-corrected chi connectivity index (χ1v) is 10.8. The molecule has 7 heteroatoms. The maximum Gasteiger partial charge on any atom is 0.266 e. The Balaban J connectivity index is 1.88.